The SMILES string of the molecule is CCC1CN(c2ccc(CNCCOC)cc2Br)CCO1. The van der Waals surface area contributed by atoms with Crippen molar-refractivity contribution in [2.75, 3.05) is 44.9 Å². The van der Waals surface area contributed by atoms with Gasteiger partial charge in [0.1, 0.15) is 0 Å². The summed E-state index contributed by atoms with van der Waals surface area (Å²) >= 11 is 3.71. The van der Waals surface area contributed by atoms with E-state index < -0.39 is 0 Å². The molecule has 0 radical (unpaired) electrons. The number of nitrogens with zero attached hydrogens (tertiary/aromatic N) is 1. The van der Waals surface area contributed by atoms with Gasteiger partial charge in [0.2, 0.25) is 0 Å². The molecule has 21 heavy (non-hydrogen) atoms. The Labute approximate surface area is 135 Å². The second-order valence-electron chi connectivity index (χ2n) is 5.30. The molecule has 1 unspecified atom stereocenters. The van der Waals surface area contributed by atoms with Crippen LogP contribution in [0.15, 0.2) is 22.7 Å². The van der Waals surface area contributed by atoms with E-state index in [1.54, 1.807) is 7.11 Å². The van der Waals surface area contributed by atoms with Gasteiger partial charge in [-0.1, -0.05) is 13.0 Å². The minimum Gasteiger partial charge on any atom is -0.383 e. The van der Waals surface area contributed by atoms with Gasteiger partial charge in [0.25, 0.3) is 0 Å². The van der Waals surface area contributed by atoms with Gasteiger partial charge >= 0.3 is 0 Å². The van der Waals surface area contributed by atoms with Crippen molar-refractivity contribution < 1.29 is 9.47 Å². The first kappa shape index (κ1) is 16.7. The zero-order chi connectivity index (χ0) is 15.1. The maximum atomic E-state index is 5.74. The summed E-state index contributed by atoms with van der Waals surface area (Å²) < 4.78 is 11.9. The quantitative estimate of drug-likeness (QED) is 0.761. The van der Waals surface area contributed by atoms with Gasteiger partial charge in [-0.3, -0.25) is 0 Å². The third-order valence-corrected chi connectivity index (χ3v) is 4.39. The Morgan fingerprint density at radius 3 is 3.05 bits per heavy atom. The van der Waals surface area contributed by atoms with Crippen LogP contribution in [0.4, 0.5) is 5.69 Å². The Morgan fingerprint density at radius 2 is 2.33 bits per heavy atom. The average molecular weight is 357 g/mol. The van der Waals surface area contributed by atoms with Crippen LogP contribution >= 0.6 is 15.9 Å². The van der Waals surface area contributed by atoms with Crippen LogP contribution in [0.2, 0.25) is 0 Å². The van der Waals surface area contributed by atoms with Crippen LogP contribution in [0.3, 0.4) is 0 Å². The first-order valence-electron chi connectivity index (χ1n) is 7.59. The Bertz CT molecular complexity index is 442. The molecule has 1 saturated heterocycles. The third-order valence-electron chi connectivity index (χ3n) is 3.76. The van der Waals surface area contributed by atoms with E-state index in [0.717, 1.165) is 50.3 Å². The largest absolute Gasteiger partial charge is 0.383 e. The first-order chi connectivity index (χ1) is 10.2. The number of benzene rings is 1. The molecule has 0 spiro atoms. The number of anilines is 1. The first-order valence-corrected chi connectivity index (χ1v) is 8.38. The lowest BCUT2D eigenvalue weighted by atomic mass is 10.1. The molecule has 0 aliphatic carbocycles. The summed E-state index contributed by atoms with van der Waals surface area (Å²) in [5.74, 6) is 0. The molecular weight excluding hydrogens is 332 g/mol. The number of ether oxygens (including phenoxy) is 2. The van der Waals surface area contributed by atoms with E-state index in [0.29, 0.717) is 6.10 Å². The highest BCUT2D eigenvalue weighted by atomic mass is 79.9. The summed E-state index contributed by atoms with van der Waals surface area (Å²) in [4.78, 5) is 2.41. The maximum Gasteiger partial charge on any atom is 0.0748 e. The molecule has 1 aliphatic heterocycles. The molecule has 1 N–H and O–H groups in total. The van der Waals surface area contributed by atoms with E-state index in [-0.39, 0.29) is 0 Å². The second-order valence-corrected chi connectivity index (χ2v) is 6.16. The van der Waals surface area contributed by atoms with Crippen molar-refractivity contribution in [1.82, 2.24) is 5.32 Å². The van der Waals surface area contributed by atoms with Gasteiger partial charge in [-0.15, -0.1) is 0 Å². The third kappa shape index (κ3) is 4.95. The molecule has 118 valence electrons. The summed E-state index contributed by atoms with van der Waals surface area (Å²) in [6.45, 7) is 7.40. The second kappa shape index (κ2) is 8.73. The average Bonchev–Trinajstić information content (AvgIpc) is 2.52. The minimum atomic E-state index is 0.348. The van der Waals surface area contributed by atoms with Crippen molar-refractivity contribution in [3.63, 3.8) is 0 Å². The Balaban J connectivity index is 1.95. The number of hydrogen-bond donors (Lipinski definition) is 1. The van der Waals surface area contributed by atoms with Crippen LogP contribution in [0, 0.1) is 0 Å². The number of nitrogens with one attached hydrogen (secondary N) is 1. The molecule has 5 heteroatoms. The molecule has 4 nitrogen and oxygen atoms in total. The highest BCUT2D eigenvalue weighted by molar-refractivity contribution is 9.10. The normalized spacial score (nSPS) is 19.0. The standard InChI is InChI=1S/C16H25BrN2O2/c1-3-14-12-19(7-9-21-14)16-5-4-13(10-15(16)17)11-18-6-8-20-2/h4-5,10,14,18H,3,6-9,11-12H2,1-2H3. The van der Waals surface area contributed by atoms with Crippen LogP contribution in [0.25, 0.3) is 0 Å². The molecule has 1 atom stereocenters. The molecule has 1 aliphatic rings. The summed E-state index contributed by atoms with van der Waals surface area (Å²) in [6, 6.07) is 6.59. The monoisotopic (exact) mass is 356 g/mol. The van der Waals surface area contributed by atoms with Crippen LogP contribution in [-0.2, 0) is 16.0 Å². The Morgan fingerprint density at radius 1 is 1.48 bits per heavy atom. The fraction of sp³-hybridized carbons (Fsp3) is 0.625. The minimum absolute atomic E-state index is 0.348. The zero-order valence-corrected chi connectivity index (χ0v) is 14.5. The van der Waals surface area contributed by atoms with Gasteiger partial charge in [0, 0.05) is 37.8 Å². The molecule has 1 aromatic rings. The topological polar surface area (TPSA) is 33.7 Å². The number of morpholine rings is 1. The predicted octanol–water partition coefficient (Wildman–Crippen LogP) is 2.80. The number of rotatable bonds is 7. The van der Waals surface area contributed by atoms with Crippen molar-refractivity contribution in [3.8, 4) is 0 Å². The molecule has 0 saturated carbocycles. The lowest BCUT2D eigenvalue weighted by molar-refractivity contribution is 0.0384. The van der Waals surface area contributed by atoms with Gasteiger partial charge in [-0.05, 0) is 40.0 Å². The van der Waals surface area contributed by atoms with Crippen LogP contribution in [0.5, 0.6) is 0 Å². The highest BCUT2D eigenvalue weighted by Crippen LogP contribution is 2.29. The molecule has 0 aromatic heterocycles. The maximum absolute atomic E-state index is 5.74. The van der Waals surface area contributed by atoms with E-state index in [9.17, 15) is 0 Å². The van der Waals surface area contributed by atoms with E-state index >= 15 is 0 Å². The van der Waals surface area contributed by atoms with Crippen molar-refractivity contribution in [3.05, 3.63) is 28.2 Å². The molecular formula is C16H25BrN2O2. The zero-order valence-electron chi connectivity index (χ0n) is 12.9. The number of hydrogen-bond acceptors (Lipinski definition) is 4. The van der Waals surface area contributed by atoms with Crippen LogP contribution in [0.1, 0.15) is 18.9 Å². The molecule has 1 heterocycles. The molecule has 1 fully saturated rings. The smallest absolute Gasteiger partial charge is 0.0748 e. The van der Waals surface area contributed by atoms with Gasteiger partial charge in [-0.2, -0.15) is 0 Å². The van der Waals surface area contributed by atoms with Crippen molar-refractivity contribution in [2.24, 2.45) is 0 Å². The Kier molecular flexibility index (Phi) is 6.96. The van der Waals surface area contributed by atoms with Crippen LogP contribution < -0.4 is 10.2 Å². The van der Waals surface area contributed by atoms with E-state index in [1.807, 2.05) is 0 Å². The summed E-state index contributed by atoms with van der Waals surface area (Å²) in [7, 11) is 1.72. The van der Waals surface area contributed by atoms with Crippen LogP contribution in [-0.4, -0.2) is 46.1 Å². The molecule has 1 aromatic carbocycles. The van der Waals surface area contributed by atoms with Gasteiger partial charge in [0.15, 0.2) is 0 Å². The highest BCUT2D eigenvalue weighted by Gasteiger charge is 2.20. The lowest BCUT2D eigenvalue weighted by Crippen LogP contribution is -2.42. The number of halogens is 1. The molecule has 2 rings (SSSR count). The summed E-state index contributed by atoms with van der Waals surface area (Å²) in [6.07, 6.45) is 1.41. The Hall–Kier alpha value is -0.620. The number of methoxy groups -OCH3 is 1. The fourth-order valence-corrected chi connectivity index (χ4v) is 3.19. The van der Waals surface area contributed by atoms with E-state index in [2.05, 4.69) is 51.3 Å². The van der Waals surface area contributed by atoms with E-state index in [4.69, 9.17) is 9.47 Å². The van der Waals surface area contributed by atoms with Gasteiger partial charge < -0.3 is 19.7 Å². The molecule has 0 bridgehead atoms. The van der Waals surface area contributed by atoms with Gasteiger partial charge in [0.05, 0.1) is 25.0 Å². The van der Waals surface area contributed by atoms with Gasteiger partial charge in [-0.25, -0.2) is 0 Å². The van der Waals surface area contributed by atoms with Crippen molar-refractivity contribution in [1.29, 1.82) is 0 Å². The van der Waals surface area contributed by atoms with Crippen molar-refractivity contribution in [2.45, 2.75) is 26.0 Å². The van der Waals surface area contributed by atoms with Crippen molar-refractivity contribution >= 4 is 21.6 Å². The predicted molar refractivity (Wildman–Crippen MR) is 90.0 cm³/mol. The molecule has 0 amide bonds. The fourth-order valence-electron chi connectivity index (χ4n) is 2.51. The van der Waals surface area contributed by atoms with E-state index in [1.165, 1.54) is 11.3 Å². The lowest BCUT2D eigenvalue weighted by Gasteiger charge is -2.34. The summed E-state index contributed by atoms with van der Waals surface area (Å²) in [5, 5.41) is 3.37. The summed E-state index contributed by atoms with van der Waals surface area (Å²) in [5.41, 5.74) is 2.54.